The molecule has 5 rings (SSSR count). The lowest BCUT2D eigenvalue weighted by atomic mass is 9.85. The first kappa shape index (κ1) is 24.9. The first-order chi connectivity index (χ1) is 18.3. The maximum absolute atomic E-state index is 15.3. The molecule has 0 saturated heterocycles. The van der Waals surface area contributed by atoms with Crippen LogP contribution >= 0.6 is 0 Å². The van der Waals surface area contributed by atoms with E-state index in [1.54, 1.807) is 30.5 Å². The average molecular weight is 517 g/mol. The normalized spacial score (nSPS) is 14.9. The van der Waals surface area contributed by atoms with E-state index in [1.165, 1.54) is 14.2 Å². The summed E-state index contributed by atoms with van der Waals surface area (Å²) in [6.07, 6.45) is 3.68. The summed E-state index contributed by atoms with van der Waals surface area (Å²) in [6.45, 7) is 10.9. The molecule has 1 aromatic heterocycles. The molecule has 2 amide bonds. The first-order valence-electron chi connectivity index (χ1n) is 11.6. The minimum Gasteiger partial charge on any atom is -0.493 e. The molecule has 8 nitrogen and oxygen atoms in total. The van der Waals surface area contributed by atoms with Gasteiger partial charge >= 0.3 is 0 Å². The van der Waals surface area contributed by atoms with E-state index in [2.05, 4.69) is 21.7 Å². The number of anilines is 2. The van der Waals surface area contributed by atoms with Gasteiger partial charge in [-0.3, -0.25) is 14.6 Å². The summed E-state index contributed by atoms with van der Waals surface area (Å²) in [5, 5.41) is 2.66. The number of hydrogen-bond donors (Lipinski definition) is 1. The van der Waals surface area contributed by atoms with E-state index in [1.807, 2.05) is 0 Å². The van der Waals surface area contributed by atoms with Crippen molar-refractivity contribution in [3.05, 3.63) is 83.4 Å². The van der Waals surface area contributed by atoms with Gasteiger partial charge in [0.2, 0.25) is 11.8 Å². The molecule has 192 valence electrons. The van der Waals surface area contributed by atoms with E-state index in [-0.39, 0.29) is 18.0 Å². The molecule has 1 spiro atoms. The number of nitrogens with zero attached hydrogens (tertiary/aromatic N) is 3. The number of nitrogens with one attached hydrogen (secondary N) is 1. The number of fused-ring (bicyclic) bond motifs is 2. The van der Waals surface area contributed by atoms with Crippen LogP contribution in [0.3, 0.4) is 0 Å². The fourth-order valence-corrected chi connectivity index (χ4v) is 4.83. The smallest absolute Gasteiger partial charge is 0.247 e. The maximum atomic E-state index is 15.3. The van der Waals surface area contributed by atoms with Crippen LogP contribution in [0, 0.1) is 18.2 Å². The van der Waals surface area contributed by atoms with Gasteiger partial charge in [-0.15, -0.1) is 0 Å². The molecular weight excluding hydrogens is 494 g/mol. The predicted molar refractivity (Wildman–Crippen MR) is 136 cm³/mol. The Labute approximate surface area is 217 Å². The highest BCUT2D eigenvalue weighted by molar-refractivity contribution is 6.06. The largest absolute Gasteiger partial charge is 0.493 e. The Kier molecular flexibility index (Phi) is 6.07. The van der Waals surface area contributed by atoms with Crippen LogP contribution in [0.5, 0.6) is 11.5 Å². The lowest BCUT2D eigenvalue weighted by Crippen LogP contribution is -2.45. The number of amides is 2. The average Bonchev–Trinajstić information content (AvgIpc) is 3.73. The molecule has 0 unspecified atom stereocenters. The molecule has 0 bridgehead atoms. The minimum absolute atomic E-state index is 0.113. The van der Waals surface area contributed by atoms with Crippen molar-refractivity contribution in [2.24, 2.45) is 0 Å². The van der Waals surface area contributed by atoms with Crippen molar-refractivity contribution in [2.45, 2.75) is 24.8 Å². The van der Waals surface area contributed by atoms with Crippen molar-refractivity contribution in [1.29, 1.82) is 0 Å². The second-order valence-corrected chi connectivity index (χ2v) is 8.99. The highest BCUT2D eigenvalue weighted by Gasteiger charge is 2.57. The second-order valence-electron chi connectivity index (χ2n) is 8.99. The number of methoxy groups -OCH3 is 2. The molecule has 3 aromatic rings. The highest BCUT2D eigenvalue weighted by atomic mass is 19.1. The summed E-state index contributed by atoms with van der Waals surface area (Å²) in [5.74, 6) is -3.32. The van der Waals surface area contributed by atoms with E-state index < -0.39 is 34.6 Å². The van der Waals surface area contributed by atoms with Crippen LogP contribution in [-0.4, -0.2) is 31.0 Å². The van der Waals surface area contributed by atoms with Crippen molar-refractivity contribution in [3.63, 3.8) is 0 Å². The predicted octanol–water partition coefficient (Wildman–Crippen LogP) is 5.30. The van der Waals surface area contributed by atoms with Crippen LogP contribution in [-0.2, 0) is 21.5 Å². The van der Waals surface area contributed by atoms with Crippen molar-refractivity contribution in [2.75, 3.05) is 24.4 Å². The van der Waals surface area contributed by atoms with Gasteiger partial charge in [0.05, 0.1) is 38.4 Å². The van der Waals surface area contributed by atoms with Crippen LogP contribution in [0.1, 0.15) is 24.0 Å². The molecule has 0 radical (unpaired) electrons. The zero-order valence-electron chi connectivity index (χ0n) is 20.6. The van der Waals surface area contributed by atoms with Gasteiger partial charge in [-0.1, -0.05) is 12.6 Å². The topological polar surface area (TPSA) is 85.1 Å². The number of carbonyl (C=O) groups excluding carboxylic acids is 2. The van der Waals surface area contributed by atoms with Gasteiger partial charge in [-0.25, -0.2) is 13.6 Å². The molecule has 2 heterocycles. The van der Waals surface area contributed by atoms with Gasteiger partial charge in [0.15, 0.2) is 28.8 Å². The Bertz CT molecular complexity index is 1530. The number of ether oxygens (including phenoxy) is 2. The third kappa shape index (κ3) is 3.84. The van der Waals surface area contributed by atoms with Crippen molar-refractivity contribution in [1.82, 2.24) is 4.98 Å². The number of halogens is 2. The summed E-state index contributed by atoms with van der Waals surface area (Å²) < 4.78 is 40.7. The number of aromatic nitrogens is 1. The molecule has 0 atom stereocenters. The van der Waals surface area contributed by atoms with E-state index in [0.717, 1.165) is 17.0 Å². The SMILES string of the molecule is [C-]#[N+]c1ccc(NC(=O)C=C)cc1-c1cc2c(cn1)CN(c1c(F)c(OC)cc(OC)c1F)C(=O)C21CC1. The van der Waals surface area contributed by atoms with Crippen LogP contribution in [0.2, 0.25) is 0 Å². The van der Waals surface area contributed by atoms with E-state index in [4.69, 9.17) is 16.0 Å². The Hall–Kier alpha value is -4.78. The molecule has 10 heteroatoms. The molecule has 1 fully saturated rings. The highest BCUT2D eigenvalue weighted by Crippen LogP contribution is 2.55. The summed E-state index contributed by atoms with van der Waals surface area (Å²) in [5.41, 5.74) is 1.53. The fraction of sp³-hybridized carbons (Fsp3) is 0.214. The molecule has 1 saturated carbocycles. The van der Waals surface area contributed by atoms with Crippen LogP contribution < -0.4 is 19.7 Å². The first-order valence-corrected chi connectivity index (χ1v) is 11.6. The Morgan fingerprint density at radius 1 is 1.18 bits per heavy atom. The molecule has 1 aliphatic carbocycles. The zero-order chi connectivity index (χ0) is 27.2. The molecular formula is C28H22F2N4O4. The second kappa shape index (κ2) is 9.27. The standard InChI is InChI=1S/C28H22F2N4O4/c1-5-23(35)33-16-6-7-19(31-2)17(10-16)20-11-18-15(13-32-20)14-34(27(36)28(18)8-9-28)26-24(29)21(37-3)12-22(38-4)25(26)30/h5-7,10-13H,1,8-9,14H2,3-4H3,(H,33,35). The van der Waals surface area contributed by atoms with E-state index in [9.17, 15) is 9.59 Å². The zero-order valence-corrected chi connectivity index (χ0v) is 20.6. The Morgan fingerprint density at radius 2 is 1.87 bits per heavy atom. The van der Waals surface area contributed by atoms with Crippen LogP contribution in [0.25, 0.3) is 16.1 Å². The molecule has 2 aliphatic rings. The Morgan fingerprint density at radius 3 is 2.45 bits per heavy atom. The molecule has 2 aromatic carbocycles. The lowest BCUT2D eigenvalue weighted by molar-refractivity contribution is -0.121. The summed E-state index contributed by atoms with van der Waals surface area (Å²) in [6, 6.07) is 7.65. The van der Waals surface area contributed by atoms with Gasteiger partial charge in [-0.2, -0.15) is 0 Å². The fourth-order valence-electron chi connectivity index (χ4n) is 4.83. The van der Waals surface area contributed by atoms with Crippen molar-refractivity contribution < 1.29 is 27.8 Å². The monoisotopic (exact) mass is 516 g/mol. The number of pyridine rings is 1. The summed E-state index contributed by atoms with van der Waals surface area (Å²) >= 11 is 0. The van der Waals surface area contributed by atoms with Gasteiger partial charge in [0.1, 0.15) is 5.69 Å². The van der Waals surface area contributed by atoms with Crippen molar-refractivity contribution >= 4 is 28.9 Å². The minimum atomic E-state index is -0.997. The third-order valence-corrected chi connectivity index (χ3v) is 6.90. The summed E-state index contributed by atoms with van der Waals surface area (Å²) in [4.78, 5) is 34.7. The molecule has 1 aliphatic heterocycles. The van der Waals surface area contributed by atoms with E-state index in [0.29, 0.717) is 46.6 Å². The summed E-state index contributed by atoms with van der Waals surface area (Å²) in [7, 11) is 2.49. The van der Waals surface area contributed by atoms with Gasteiger partial charge in [0.25, 0.3) is 0 Å². The molecule has 1 N–H and O–H groups in total. The van der Waals surface area contributed by atoms with Gasteiger partial charge in [0, 0.05) is 23.5 Å². The van der Waals surface area contributed by atoms with E-state index >= 15 is 8.78 Å². The van der Waals surface area contributed by atoms with Crippen LogP contribution in [0.15, 0.2) is 49.2 Å². The number of hydrogen-bond acceptors (Lipinski definition) is 5. The van der Waals surface area contributed by atoms with Crippen LogP contribution in [0.4, 0.5) is 25.8 Å². The maximum Gasteiger partial charge on any atom is 0.247 e. The molecule has 38 heavy (non-hydrogen) atoms. The number of rotatable bonds is 6. The third-order valence-electron chi connectivity index (χ3n) is 6.90. The number of benzene rings is 2. The lowest BCUT2D eigenvalue weighted by Gasteiger charge is -2.35. The number of carbonyl (C=O) groups is 2. The van der Waals surface area contributed by atoms with Gasteiger partial charge in [-0.05, 0) is 48.2 Å². The Balaban J connectivity index is 1.60. The van der Waals surface area contributed by atoms with Crippen molar-refractivity contribution in [3.8, 4) is 22.8 Å². The quantitative estimate of drug-likeness (QED) is 0.355. The van der Waals surface area contributed by atoms with Gasteiger partial charge < -0.3 is 19.7 Å².